The SMILES string of the molecule is COCCN(CC(=O)N(CCc1c[nH]c2ccccc12)Cc1ccc(OC)c(OC)c1)C(=O)c1cccc(C(F)(F)F)c1. The Labute approximate surface area is 247 Å². The normalized spacial score (nSPS) is 11.4. The number of aromatic nitrogens is 1. The molecule has 0 aliphatic heterocycles. The molecule has 0 unspecified atom stereocenters. The lowest BCUT2D eigenvalue weighted by Gasteiger charge is -2.28. The zero-order chi connectivity index (χ0) is 31.0. The maximum absolute atomic E-state index is 13.8. The highest BCUT2D eigenvalue weighted by Crippen LogP contribution is 2.30. The fraction of sp³-hybridized carbons (Fsp3) is 0.312. The van der Waals surface area contributed by atoms with Crippen LogP contribution in [-0.2, 0) is 28.7 Å². The minimum absolute atomic E-state index is 0.0178. The van der Waals surface area contributed by atoms with Crippen LogP contribution in [-0.4, -0.2) is 74.2 Å². The largest absolute Gasteiger partial charge is 0.493 e. The summed E-state index contributed by atoms with van der Waals surface area (Å²) in [6, 6.07) is 17.4. The quantitative estimate of drug-likeness (QED) is 0.218. The Kier molecular flexibility index (Phi) is 10.3. The molecule has 0 saturated carbocycles. The van der Waals surface area contributed by atoms with Crippen LogP contribution < -0.4 is 9.47 Å². The standard InChI is InChI=1S/C32H34F3N3O5/c1-41-16-15-38(31(40)23-7-6-8-25(18-23)32(33,34)35)21-30(39)37(20-22-11-12-28(42-2)29(17-22)43-3)14-13-24-19-36-27-10-5-4-9-26(24)27/h4-12,17-19,36H,13-16,20-21H2,1-3H3. The van der Waals surface area contributed by atoms with Gasteiger partial charge in [-0.15, -0.1) is 0 Å². The topological polar surface area (TPSA) is 84.1 Å². The monoisotopic (exact) mass is 597 g/mol. The Morgan fingerprint density at radius 1 is 0.860 bits per heavy atom. The first-order valence-corrected chi connectivity index (χ1v) is 13.6. The minimum atomic E-state index is -4.61. The van der Waals surface area contributed by atoms with E-state index in [-0.39, 0.29) is 37.7 Å². The van der Waals surface area contributed by atoms with Crippen molar-refractivity contribution in [2.24, 2.45) is 0 Å². The number of aromatic amines is 1. The first kappa shape index (κ1) is 31.4. The Morgan fingerprint density at radius 3 is 2.35 bits per heavy atom. The van der Waals surface area contributed by atoms with E-state index >= 15 is 0 Å². The van der Waals surface area contributed by atoms with Gasteiger partial charge in [-0.3, -0.25) is 9.59 Å². The fourth-order valence-electron chi connectivity index (χ4n) is 4.81. The lowest BCUT2D eigenvalue weighted by molar-refractivity contribution is -0.137. The summed E-state index contributed by atoms with van der Waals surface area (Å²) in [5.41, 5.74) is 1.68. The van der Waals surface area contributed by atoms with Gasteiger partial charge in [0, 0.05) is 49.4 Å². The van der Waals surface area contributed by atoms with E-state index in [0.717, 1.165) is 34.2 Å². The van der Waals surface area contributed by atoms with E-state index in [1.807, 2.05) is 36.5 Å². The molecule has 0 saturated heterocycles. The second kappa shape index (κ2) is 14.1. The van der Waals surface area contributed by atoms with Gasteiger partial charge in [-0.1, -0.05) is 30.3 Å². The Balaban J connectivity index is 1.60. The molecule has 43 heavy (non-hydrogen) atoms. The zero-order valence-corrected chi connectivity index (χ0v) is 24.2. The number of fused-ring (bicyclic) bond motifs is 1. The van der Waals surface area contributed by atoms with Gasteiger partial charge in [0.2, 0.25) is 5.91 Å². The first-order chi connectivity index (χ1) is 20.6. The van der Waals surface area contributed by atoms with Crippen molar-refractivity contribution < 1.29 is 37.0 Å². The number of para-hydroxylation sites is 1. The number of carbonyl (C=O) groups excluding carboxylic acids is 2. The number of hydrogen-bond donors (Lipinski definition) is 1. The van der Waals surface area contributed by atoms with E-state index in [1.165, 1.54) is 38.4 Å². The second-order valence-corrected chi connectivity index (χ2v) is 9.91. The first-order valence-electron chi connectivity index (χ1n) is 13.6. The molecule has 4 aromatic rings. The summed E-state index contributed by atoms with van der Waals surface area (Å²) in [6.45, 7) is 0.300. The van der Waals surface area contributed by atoms with Gasteiger partial charge in [0.1, 0.15) is 6.54 Å². The van der Waals surface area contributed by atoms with Crippen LogP contribution in [0.1, 0.15) is 27.0 Å². The summed E-state index contributed by atoms with van der Waals surface area (Å²) in [5.74, 6) is -0.0175. The number of alkyl halides is 3. The predicted octanol–water partition coefficient (Wildman–Crippen LogP) is 5.56. The fourth-order valence-corrected chi connectivity index (χ4v) is 4.81. The van der Waals surface area contributed by atoms with E-state index in [0.29, 0.717) is 24.5 Å². The number of halogens is 3. The van der Waals surface area contributed by atoms with Crippen molar-refractivity contribution in [2.45, 2.75) is 19.1 Å². The number of methoxy groups -OCH3 is 3. The summed E-state index contributed by atoms with van der Waals surface area (Å²) in [6.07, 6.45) is -2.17. The predicted molar refractivity (Wildman–Crippen MR) is 156 cm³/mol. The molecule has 0 fully saturated rings. The smallest absolute Gasteiger partial charge is 0.416 e. The van der Waals surface area contributed by atoms with Crippen LogP contribution in [0, 0.1) is 0 Å². The summed E-state index contributed by atoms with van der Waals surface area (Å²) in [4.78, 5) is 33.3. The van der Waals surface area contributed by atoms with Crippen LogP contribution in [0.15, 0.2) is 72.9 Å². The van der Waals surface area contributed by atoms with E-state index in [9.17, 15) is 22.8 Å². The molecule has 1 N–H and O–H groups in total. The second-order valence-electron chi connectivity index (χ2n) is 9.91. The molecule has 0 atom stereocenters. The minimum Gasteiger partial charge on any atom is -0.493 e. The van der Waals surface area contributed by atoms with Crippen molar-refractivity contribution in [2.75, 3.05) is 47.6 Å². The van der Waals surface area contributed by atoms with Crippen LogP contribution in [0.25, 0.3) is 10.9 Å². The highest BCUT2D eigenvalue weighted by atomic mass is 19.4. The average molecular weight is 598 g/mol. The molecule has 2 amide bonds. The van der Waals surface area contributed by atoms with Gasteiger partial charge in [-0.05, 0) is 53.9 Å². The number of H-pyrrole nitrogens is 1. The summed E-state index contributed by atoms with van der Waals surface area (Å²) < 4.78 is 55.9. The van der Waals surface area contributed by atoms with Crippen molar-refractivity contribution in [3.8, 4) is 11.5 Å². The lowest BCUT2D eigenvalue weighted by atomic mass is 10.1. The van der Waals surface area contributed by atoms with Crippen molar-refractivity contribution in [1.29, 1.82) is 0 Å². The van der Waals surface area contributed by atoms with Crippen LogP contribution >= 0.6 is 0 Å². The van der Waals surface area contributed by atoms with Crippen LogP contribution in [0.2, 0.25) is 0 Å². The summed E-state index contributed by atoms with van der Waals surface area (Å²) >= 11 is 0. The summed E-state index contributed by atoms with van der Waals surface area (Å²) in [5, 5.41) is 1.04. The molecule has 4 rings (SSSR count). The Bertz CT molecular complexity index is 1550. The van der Waals surface area contributed by atoms with Gasteiger partial charge in [0.15, 0.2) is 11.5 Å². The van der Waals surface area contributed by atoms with E-state index in [4.69, 9.17) is 14.2 Å². The van der Waals surface area contributed by atoms with E-state index in [1.54, 1.807) is 17.0 Å². The zero-order valence-electron chi connectivity index (χ0n) is 24.2. The molecule has 8 nitrogen and oxygen atoms in total. The maximum Gasteiger partial charge on any atom is 0.416 e. The number of nitrogens with one attached hydrogen (secondary N) is 1. The molecule has 1 heterocycles. The third-order valence-electron chi connectivity index (χ3n) is 7.12. The van der Waals surface area contributed by atoms with E-state index in [2.05, 4.69) is 4.98 Å². The van der Waals surface area contributed by atoms with Gasteiger partial charge < -0.3 is 29.0 Å². The molecule has 0 aliphatic rings. The number of ether oxygens (including phenoxy) is 3. The Morgan fingerprint density at radius 2 is 1.63 bits per heavy atom. The van der Waals surface area contributed by atoms with Gasteiger partial charge in [-0.2, -0.15) is 13.2 Å². The third-order valence-corrected chi connectivity index (χ3v) is 7.12. The molecular formula is C32H34F3N3O5. The molecule has 0 spiro atoms. The number of amides is 2. The lowest BCUT2D eigenvalue weighted by Crippen LogP contribution is -2.44. The number of hydrogen-bond acceptors (Lipinski definition) is 5. The number of carbonyl (C=O) groups is 2. The van der Waals surface area contributed by atoms with E-state index < -0.39 is 17.6 Å². The Hall–Kier alpha value is -4.51. The number of rotatable bonds is 13. The summed E-state index contributed by atoms with van der Waals surface area (Å²) in [7, 11) is 4.50. The van der Waals surface area contributed by atoms with Crippen LogP contribution in [0.3, 0.4) is 0 Å². The number of nitrogens with zero attached hydrogens (tertiary/aromatic N) is 2. The van der Waals surface area contributed by atoms with Crippen LogP contribution in [0.5, 0.6) is 11.5 Å². The van der Waals surface area contributed by atoms with Gasteiger partial charge in [0.25, 0.3) is 5.91 Å². The molecule has 228 valence electrons. The van der Waals surface area contributed by atoms with Crippen molar-refractivity contribution in [1.82, 2.24) is 14.8 Å². The highest BCUT2D eigenvalue weighted by molar-refractivity contribution is 5.96. The maximum atomic E-state index is 13.8. The van der Waals surface area contributed by atoms with Gasteiger partial charge in [0.05, 0.1) is 26.4 Å². The van der Waals surface area contributed by atoms with Crippen molar-refractivity contribution in [3.63, 3.8) is 0 Å². The number of benzene rings is 3. The average Bonchev–Trinajstić information content (AvgIpc) is 3.43. The van der Waals surface area contributed by atoms with Crippen molar-refractivity contribution >= 4 is 22.7 Å². The molecule has 0 radical (unpaired) electrons. The van der Waals surface area contributed by atoms with Crippen molar-refractivity contribution in [3.05, 3.63) is 95.2 Å². The molecule has 3 aromatic carbocycles. The van der Waals surface area contributed by atoms with Gasteiger partial charge >= 0.3 is 6.18 Å². The molecule has 1 aromatic heterocycles. The van der Waals surface area contributed by atoms with Gasteiger partial charge in [-0.25, -0.2) is 0 Å². The molecule has 0 bridgehead atoms. The molecule has 0 aliphatic carbocycles. The van der Waals surface area contributed by atoms with Crippen LogP contribution in [0.4, 0.5) is 13.2 Å². The molecule has 11 heteroatoms. The molecular weight excluding hydrogens is 563 g/mol. The third kappa shape index (κ3) is 7.86. The highest BCUT2D eigenvalue weighted by Gasteiger charge is 2.32.